The lowest BCUT2D eigenvalue weighted by Crippen LogP contribution is -2.13. The van der Waals surface area contributed by atoms with Crippen molar-refractivity contribution in [2.75, 3.05) is 0 Å². The van der Waals surface area contributed by atoms with Crippen LogP contribution in [0.2, 0.25) is 0 Å². The Labute approximate surface area is 163 Å². The molecule has 1 heteroatoms. The molecule has 0 aliphatic rings. The molecule has 0 fully saturated rings. The molecule has 1 nitrogen and oxygen atoms in total. The molecule has 0 aliphatic carbocycles. The average Bonchev–Trinajstić information content (AvgIpc) is 3.01. The SMILES string of the molecule is [2H]C([2H])([2H])c1cc(C)c(C(C)(C)C)c2oc3cc4c(ccc5ccccc54)cc3c12. The molecule has 0 amide bonds. The van der Waals surface area contributed by atoms with Gasteiger partial charge in [0.1, 0.15) is 11.2 Å². The van der Waals surface area contributed by atoms with Gasteiger partial charge in [0.15, 0.2) is 0 Å². The van der Waals surface area contributed by atoms with E-state index in [4.69, 9.17) is 8.53 Å². The number of fused-ring (bicyclic) bond motifs is 6. The van der Waals surface area contributed by atoms with Gasteiger partial charge in [0, 0.05) is 20.4 Å². The molecule has 5 aromatic rings. The van der Waals surface area contributed by atoms with Crippen LogP contribution in [0, 0.1) is 13.8 Å². The van der Waals surface area contributed by atoms with E-state index >= 15 is 0 Å². The molecule has 1 aromatic heterocycles. The average molecular weight is 355 g/mol. The van der Waals surface area contributed by atoms with Crippen LogP contribution in [0.25, 0.3) is 43.5 Å². The van der Waals surface area contributed by atoms with Gasteiger partial charge < -0.3 is 4.42 Å². The zero-order valence-electron chi connectivity index (χ0n) is 19.1. The fraction of sp³-hybridized carbons (Fsp3) is 0.231. The third-order valence-corrected chi connectivity index (χ3v) is 5.56. The van der Waals surface area contributed by atoms with Gasteiger partial charge in [0.05, 0.1) is 0 Å². The zero-order chi connectivity index (χ0) is 21.4. The Hall–Kier alpha value is -2.80. The van der Waals surface area contributed by atoms with Gasteiger partial charge in [-0.2, -0.15) is 0 Å². The number of hydrogen-bond donors (Lipinski definition) is 0. The van der Waals surface area contributed by atoms with E-state index in [-0.39, 0.29) is 5.41 Å². The Bertz CT molecular complexity index is 1460. The highest BCUT2D eigenvalue weighted by atomic mass is 16.3. The Morgan fingerprint density at radius 2 is 1.59 bits per heavy atom. The first-order valence-corrected chi connectivity index (χ1v) is 9.38. The lowest BCUT2D eigenvalue weighted by Gasteiger charge is -2.22. The Kier molecular flexibility index (Phi) is 2.65. The summed E-state index contributed by atoms with van der Waals surface area (Å²) in [6.07, 6.45) is 0. The van der Waals surface area contributed by atoms with Crippen LogP contribution in [0.1, 0.15) is 41.6 Å². The zero-order valence-corrected chi connectivity index (χ0v) is 16.1. The lowest BCUT2D eigenvalue weighted by molar-refractivity contribution is 0.569. The van der Waals surface area contributed by atoms with Crippen molar-refractivity contribution in [3.05, 3.63) is 71.3 Å². The molecule has 0 aliphatic heterocycles. The minimum absolute atomic E-state index is 0.171. The van der Waals surface area contributed by atoms with Crippen molar-refractivity contribution in [1.82, 2.24) is 0 Å². The molecule has 0 saturated heterocycles. The van der Waals surface area contributed by atoms with Crippen molar-refractivity contribution < 1.29 is 8.53 Å². The Morgan fingerprint density at radius 1 is 0.815 bits per heavy atom. The minimum Gasteiger partial charge on any atom is -0.456 e. The van der Waals surface area contributed by atoms with Crippen LogP contribution < -0.4 is 0 Å². The van der Waals surface area contributed by atoms with Crippen molar-refractivity contribution in [1.29, 1.82) is 0 Å². The van der Waals surface area contributed by atoms with Crippen molar-refractivity contribution in [3.8, 4) is 0 Å². The normalized spacial score (nSPS) is 14.7. The number of rotatable bonds is 0. The van der Waals surface area contributed by atoms with E-state index in [1.165, 1.54) is 10.8 Å². The van der Waals surface area contributed by atoms with Crippen molar-refractivity contribution >= 4 is 43.5 Å². The molecule has 0 radical (unpaired) electrons. The molecular weight excluding hydrogens is 328 g/mol. The van der Waals surface area contributed by atoms with E-state index in [1.807, 2.05) is 25.1 Å². The smallest absolute Gasteiger partial charge is 0.139 e. The largest absolute Gasteiger partial charge is 0.456 e. The molecule has 5 rings (SSSR count). The van der Waals surface area contributed by atoms with E-state index < -0.39 is 6.85 Å². The molecular formula is C26H24O. The summed E-state index contributed by atoms with van der Waals surface area (Å²) in [7, 11) is 0. The van der Waals surface area contributed by atoms with Gasteiger partial charge in [-0.15, -0.1) is 0 Å². The second-order valence-corrected chi connectivity index (χ2v) is 8.53. The topological polar surface area (TPSA) is 13.1 Å². The van der Waals surface area contributed by atoms with Crippen molar-refractivity contribution in [3.63, 3.8) is 0 Å². The monoisotopic (exact) mass is 355 g/mol. The van der Waals surface area contributed by atoms with Gasteiger partial charge in [-0.1, -0.05) is 63.2 Å². The molecule has 0 unspecified atom stereocenters. The van der Waals surface area contributed by atoms with E-state index in [0.29, 0.717) is 11.1 Å². The molecule has 27 heavy (non-hydrogen) atoms. The molecule has 1 heterocycles. The van der Waals surface area contributed by atoms with Crippen LogP contribution >= 0.6 is 0 Å². The quantitative estimate of drug-likeness (QED) is 0.258. The van der Waals surface area contributed by atoms with Crippen molar-refractivity contribution in [2.45, 2.75) is 40.0 Å². The van der Waals surface area contributed by atoms with Gasteiger partial charge in [0.2, 0.25) is 0 Å². The second kappa shape index (κ2) is 5.36. The molecule has 0 atom stereocenters. The van der Waals surface area contributed by atoms with Crippen LogP contribution in [-0.4, -0.2) is 0 Å². The third kappa shape index (κ3) is 2.31. The molecule has 134 valence electrons. The predicted molar refractivity (Wildman–Crippen MR) is 117 cm³/mol. The summed E-state index contributed by atoms with van der Waals surface area (Å²) in [5.74, 6) is 0. The highest BCUT2D eigenvalue weighted by Crippen LogP contribution is 2.41. The number of hydrogen-bond acceptors (Lipinski definition) is 1. The van der Waals surface area contributed by atoms with Crippen LogP contribution in [0.4, 0.5) is 0 Å². The van der Waals surface area contributed by atoms with Crippen LogP contribution in [0.5, 0.6) is 0 Å². The predicted octanol–water partition coefficient (Wildman–Crippen LogP) is 7.81. The molecule has 0 saturated carbocycles. The molecule has 4 aromatic carbocycles. The fourth-order valence-electron chi connectivity index (χ4n) is 4.51. The lowest BCUT2D eigenvalue weighted by atomic mass is 9.82. The highest BCUT2D eigenvalue weighted by Gasteiger charge is 2.24. The van der Waals surface area contributed by atoms with Crippen LogP contribution in [0.15, 0.2) is 59.0 Å². The summed E-state index contributed by atoms with van der Waals surface area (Å²) in [4.78, 5) is 0. The Balaban J connectivity index is 2.02. The van der Waals surface area contributed by atoms with Crippen LogP contribution in [0.3, 0.4) is 0 Å². The van der Waals surface area contributed by atoms with Gasteiger partial charge >= 0.3 is 0 Å². The number of benzene rings is 4. The minimum atomic E-state index is -2.21. The van der Waals surface area contributed by atoms with Gasteiger partial charge in [-0.05, 0) is 64.0 Å². The molecule has 0 bridgehead atoms. The molecule has 0 spiro atoms. The Morgan fingerprint density at radius 3 is 2.37 bits per heavy atom. The van der Waals surface area contributed by atoms with E-state index in [9.17, 15) is 0 Å². The summed E-state index contributed by atoms with van der Waals surface area (Å²) in [6, 6.07) is 18.5. The maximum absolute atomic E-state index is 8.15. The first-order valence-electron chi connectivity index (χ1n) is 10.9. The summed E-state index contributed by atoms with van der Waals surface area (Å²) in [6.45, 7) is 6.18. The van der Waals surface area contributed by atoms with E-state index in [2.05, 4.69) is 57.2 Å². The van der Waals surface area contributed by atoms with Gasteiger partial charge in [0.25, 0.3) is 0 Å². The number of furan rings is 1. The first-order chi connectivity index (χ1) is 14.1. The summed E-state index contributed by atoms with van der Waals surface area (Å²) >= 11 is 0. The standard InChI is InChI=1S/C26H24O/c1-15-12-16(2)24(26(3,4)5)25-23(15)21-13-18-11-10-17-8-6-7-9-19(17)20(18)14-22(21)27-25/h6-14H,1-5H3/i1D3. The highest BCUT2D eigenvalue weighted by molar-refractivity contribution is 6.17. The fourth-order valence-corrected chi connectivity index (χ4v) is 4.51. The second-order valence-electron chi connectivity index (χ2n) is 8.53. The summed E-state index contributed by atoms with van der Waals surface area (Å²) in [5, 5.41) is 6.12. The summed E-state index contributed by atoms with van der Waals surface area (Å²) in [5.41, 5.74) is 3.64. The van der Waals surface area contributed by atoms with E-state index in [0.717, 1.165) is 38.3 Å². The summed E-state index contributed by atoms with van der Waals surface area (Å²) < 4.78 is 30.9. The molecule has 0 N–H and O–H groups in total. The van der Waals surface area contributed by atoms with Crippen LogP contribution in [-0.2, 0) is 5.41 Å². The first kappa shape index (κ1) is 13.4. The third-order valence-electron chi connectivity index (χ3n) is 5.56. The maximum atomic E-state index is 8.15. The maximum Gasteiger partial charge on any atom is 0.139 e. The number of aryl methyl sites for hydroxylation is 2. The van der Waals surface area contributed by atoms with Gasteiger partial charge in [-0.25, -0.2) is 0 Å². The van der Waals surface area contributed by atoms with Gasteiger partial charge in [-0.3, -0.25) is 0 Å². The van der Waals surface area contributed by atoms with E-state index in [1.54, 1.807) is 0 Å². The van der Waals surface area contributed by atoms with Crippen molar-refractivity contribution in [2.24, 2.45) is 0 Å².